The summed E-state index contributed by atoms with van der Waals surface area (Å²) in [4.78, 5) is 26.3. The summed E-state index contributed by atoms with van der Waals surface area (Å²) in [6.07, 6.45) is 4.91. The molecule has 30 heavy (non-hydrogen) atoms. The largest absolute Gasteiger partial charge is 0.494 e. The molecule has 0 aromatic heterocycles. The third-order valence-corrected chi connectivity index (χ3v) is 4.89. The van der Waals surface area contributed by atoms with Crippen molar-refractivity contribution in [1.82, 2.24) is 10.2 Å². The molecule has 1 heterocycles. The number of hydrogen-bond acceptors (Lipinski definition) is 4. The van der Waals surface area contributed by atoms with Gasteiger partial charge in [0.25, 0.3) is 5.91 Å². The second kappa shape index (κ2) is 11.0. The Kier molecular flexibility index (Phi) is 7.89. The third-order valence-electron chi connectivity index (χ3n) is 4.89. The number of hydrogen-bond donors (Lipinski definition) is 1. The molecule has 6 nitrogen and oxygen atoms in total. The van der Waals surface area contributed by atoms with Gasteiger partial charge in [-0.2, -0.15) is 0 Å². The van der Waals surface area contributed by atoms with Crippen molar-refractivity contribution in [2.45, 2.75) is 25.8 Å². The van der Waals surface area contributed by atoms with Crippen LogP contribution in [0.1, 0.15) is 25.3 Å². The van der Waals surface area contributed by atoms with Gasteiger partial charge >= 0.3 is 0 Å². The normalized spacial score (nSPS) is 14.5. The quantitative estimate of drug-likeness (QED) is 0.681. The van der Waals surface area contributed by atoms with Crippen molar-refractivity contribution in [2.24, 2.45) is 0 Å². The van der Waals surface area contributed by atoms with Gasteiger partial charge in [0.15, 0.2) is 6.61 Å². The summed E-state index contributed by atoms with van der Waals surface area (Å²) in [5.41, 5.74) is 1.00. The summed E-state index contributed by atoms with van der Waals surface area (Å²) in [7, 11) is 0. The number of likely N-dealkylation sites (tertiary alicyclic amines) is 1. The highest BCUT2D eigenvalue weighted by Gasteiger charge is 2.22. The van der Waals surface area contributed by atoms with Crippen LogP contribution in [0.5, 0.6) is 11.5 Å². The zero-order valence-electron chi connectivity index (χ0n) is 17.3. The molecular weight excluding hydrogens is 380 g/mol. The Balaban J connectivity index is 1.37. The van der Waals surface area contributed by atoms with Gasteiger partial charge in [-0.15, -0.1) is 0 Å². The van der Waals surface area contributed by atoms with Crippen molar-refractivity contribution in [3.05, 3.63) is 66.2 Å². The van der Waals surface area contributed by atoms with Crippen LogP contribution in [-0.4, -0.2) is 49.1 Å². The second-order valence-corrected chi connectivity index (χ2v) is 7.10. The summed E-state index contributed by atoms with van der Waals surface area (Å²) in [5, 5.41) is 2.99. The van der Waals surface area contributed by atoms with E-state index in [1.54, 1.807) is 18.2 Å². The van der Waals surface area contributed by atoms with Crippen LogP contribution in [0.2, 0.25) is 0 Å². The van der Waals surface area contributed by atoms with Gasteiger partial charge in [-0.05, 0) is 55.7 Å². The maximum atomic E-state index is 12.3. The first-order valence-corrected chi connectivity index (χ1v) is 10.3. The van der Waals surface area contributed by atoms with Crippen LogP contribution in [0.4, 0.5) is 0 Å². The van der Waals surface area contributed by atoms with E-state index in [0.29, 0.717) is 25.4 Å². The molecule has 1 N–H and O–H groups in total. The van der Waals surface area contributed by atoms with Crippen LogP contribution in [-0.2, 0) is 9.59 Å². The van der Waals surface area contributed by atoms with Gasteiger partial charge in [-0.3, -0.25) is 9.59 Å². The van der Waals surface area contributed by atoms with Crippen molar-refractivity contribution in [3.63, 3.8) is 0 Å². The lowest BCUT2D eigenvalue weighted by molar-refractivity contribution is -0.127. The van der Waals surface area contributed by atoms with Gasteiger partial charge in [-0.25, -0.2) is 0 Å². The smallest absolute Gasteiger partial charge is 0.258 e. The molecule has 0 radical (unpaired) electrons. The minimum Gasteiger partial charge on any atom is -0.494 e. The van der Waals surface area contributed by atoms with E-state index in [1.807, 2.05) is 60.4 Å². The molecule has 0 saturated carbocycles. The number of nitrogens with one attached hydrogen (secondary N) is 1. The molecule has 0 unspecified atom stereocenters. The molecule has 2 aromatic rings. The number of ether oxygens (including phenoxy) is 2. The summed E-state index contributed by atoms with van der Waals surface area (Å²) in [6.45, 7) is 3.76. The van der Waals surface area contributed by atoms with E-state index in [0.717, 1.165) is 24.2 Å². The lowest BCUT2D eigenvalue weighted by Crippen LogP contribution is -2.47. The van der Waals surface area contributed by atoms with Gasteiger partial charge in [0.2, 0.25) is 5.91 Å². The number of carbonyl (C=O) groups is 2. The molecule has 0 bridgehead atoms. The predicted octanol–water partition coefficient (Wildman–Crippen LogP) is 3.28. The standard InChI is InChI=1S/C24H28N2O4/c1-2-29-21-9-11-22(12-10-21)30-18-23(27)25-20-14-16-26(17-15-20)24(28)13-8-19-6-4-3-5-7-19/h3-13,20H,2,14-18H2,1H3,(H,25,27)/b13-8+. The Labute approximate surface area is 177 Å². The zero-order chi connectivity index (χ0) is 21.2. The molecule has 1 fully saturated rings. The maximum Gasteiger partial charge on any atom is 0.258 e. The monoisotopic (exact) mass is 408 g/mol. The minimum atomic E-state index is -0.155. The second-order valence-electron chi connectivity index (χ2n) is 7.10. The van der Waals surface area contributed by atoms with Crippen molar-refractivity contribution < 1.29 is 19.1 Å². The average molecular weight is 408 g/mol. The number of benzene rings is 2. The molecule has 1 saturated heterocycles. The van der Waals surface area contributed by atoms with Crippen LogP contribution in [0.3, 0.4) is 0 Å². The van der Waals surface area contributed by atoms with Crippen LogP contribution >= 0.6 is 0 Å². The zero-order valence-corrected chi connectivity index (χ0v) is 17.3. The fraction of sp³-hybridized carbons (Fsp3) is 0.333. The van der Waals surface area contributed by atoms with Crippen molar-refractivity contribution in [1.29, 1.82) is 0 Å². The number of piperidine rings is 1. The maximum absolute atomic E-state index is 12.3. The molecular formula is C24H28N2O4. The number of carbonyl (C=O) groups excluding carboxylic acids is 2. The predicted molar refractivity (Wildman–Crippen MR) is 116 cm³/mol. The van der Waals surface area contributed by atoms with E-state index in [2.05, 4.69) is 5.32 Å². The van der Waals surface area contributed by atoms with E-state index in [4.69, 9.17) is 9.47 Å². The molecule has 0 spiro atoms. The Morgan fingerprint density at radius 1 is 1.00 bits per heavy atom. The highest BCUT2D eigenvalue weighted by atomic mass is 16.5. The Morgan fingerprint density at radius 3 is 2.27 bits per heavy atom. The van der Waals surface area contributed by atoms with Crippen molar-refractivity contribution >= 4 is 17.9 Å². The average Bonchev–Trinajstić information content (AvgIpc) is 2.78. The van der Waals surface area contributed by atoms with E-state index in [1.165, 1.54) is 0 Å². The highest BCUT2D eigenvalue weighted by Crippen LogP contribution is 2.17. The minimum absolute atomic E-state index is 0.00228. The first-order valence-electron chi connectivity index (χ1n) is 10.3. The molecule has 0 aliphatic carbocycles. The fourth-order valence-electron chi connectivity index (χ4n) is 3.30. The summed E-state index contributed by atoms with van der Waals surface area (Å²) in [6, 6.07) is 17.0. The van der Waals surface area contributed by atoms with Gasteiger partial charge in [0, 0.05) is 25.2 Å². The lowest BCUT2D eigenvalue weighted by atomic mass is 10.0. The van der Waals surface area contributed by atoms with Crippen LogP contribution in [0.25, 0.3) is 6.08 Å². The Bertz CT molecular complexity index is 841. The van der Waals surface area contributed by atoms with Gasteiger partial charge < -0.3 is 19.7 Å². The SMILES string of the molecule is CCOc1ccc(OCC(=O)NC2CCN(C(=O)/C=C/c3ccccc3)CC2)cc1. The number of rotatable bonds is 8. The lowest BCUT2D eigenvalue weighted by Gasteiger charge is -2.31. The first-order chi connectivity index (χ1) is 14.6. The van der Waals surface area contributed by atoms with Gasteiger partial charge in [0.1, 0.15) is 11.5 Å². The topological polar surface area (TPSA) is 67.9 Å². The van der Waals surface area contributed by atoms with E-state index in [-0.39, 0.29) is 24.5 Å². The Hall–Kier alpha value is -3.28. The molecule has 1 aliphatic rings. The molecule has 6 heteroatoms. The van der Waals surface area contributed by atoms with Crippen molar-refractivity contribution in [2.75, 3.05) is 26.3 Å². The molecule has 3 rings (SSSR count). The van der Waals surface area contributed by atoms with Crippen LogP contribution in [0.15, 0.2) is 60.7 Å². The number of nitrogens with zero attached hydrogens (tertiary/aromatic N) is 1. The summed E-state index contributed by atoms with van der Waals surface area (Å²) < 4.78 is 10.9. The molecule has 158 valence electrons. The van der Waals surface area contributed by atoms with Crippen LogP contribution in [0, 0.1) is 0 Å². The van der Waals surface area contributed by atoms with Crippen LogP contribution < -0.4 is 14.8 Å². The third kappa shape index (κ3) is 6.65. The summed E-state index contributed by atoms with van der Waals surface area (Å²) in [5.74, 6) is 1.24. The molecule has 2 aromatic carbocycles. The highest BCUT2D eigenvalue weighted by molar-refractivity contribution is 5.91. The van der Waals surface area contributed by atoms with Gasteiger partial charge in [0.05, 0.1) is 6.61 Å². The summed E-state index contributed by atoms with van der Waals surface area (Å²) >= 11 is 0. The Morgan fingerprint density at radius 2 is 1.63 bits per heavy atom. The molecule has 1 aliphatic heterocycles. The molecule has 2 amide bonds. The number of amides is 2. The molecule has 0 atom stereocenters. The van der Waals surface area contributed by atoms with Crippen molar-refractivity contribution in [3.8, 4) is 11.5 Å². The van der Waals surface area contributed by atoms with E-state index in [9.17, 15) is 9.59 Å². The van der Waals surface area contributed by atoms with Gasteiger partial charge in [-0.1, -0.05) is 30.3 Å². The van der Waals surface area contributed by atoms with E-state index < -0.39 is 0 Å². The fourth-order valence-corrected chi connectivity index (χ4v) is 3.30. The van der Waals surface area contributed by atoms with E-state index >= 15 is 0 Å². The first kappa shape index (κ1) is 21.4.